The topological polar surface area (TPSA) is 228 Å². The molecule has 4 unspecified atom stereocenters. The second kappa shape index (κ2) is 16.1. The lowest BCUT2D eigenvalue weighted by atomic mass is 10.0. The van der Waals surface area contributed by atoms with Crippen LogP contribution in [-0.4, -0.2) is 86.3 Å². The summed E-state index contributed by atoms with van der Waals surface area (Å²) in [4.78, 5) is 62.3. The third-order valence-corrected chi connectivity index (χ3v) is 6.63. The highest BCUT2D eigenvalue weighted by atomic mass is 32.2. The molecule has 0 aliphatic heterocycles. The number of aliphatic carboxylic acids is 2. The molecule has 0 heterocycles. The number of thioether (sulfide) groups is 1. The summed E-state index contributed by atoms with van der Waals surface area (Å²) in [5.74, 6) is -4.87. The summed E-state index contributed by atoms with van der Waals surface area (Å²) >= 11 is 1.49. The smallest absolute Gasteiger partial charge is 0.326 e. The highest BCUT2D eigenvalue weighted by Crippen LogP contribution is 2.13. The molecule has 0 fully saturated rings. The van der Waals surface area contributed by atoms with E-state index < -0.39 is 60.2 Å². The number of carboxylic acid groups (broad SMARTS) is 2. The van der Waals surface area contributed by atoms with Crippen molar-refractivity contribution in [3.8, 4) is 11.5 Å². The third kappa shape index (κ3) is 11.4. The van der Waals surface area contributed by atoms with Crippen LogP contribution in [0.15, 0.2) is 48.5 Å². The van der Waals surface area contributed by atoms with Crippen molar-refractivity contribution in [2.24, 2.45) is 5.73 Å². The predicted octanol–water partition coefficient (Wildman–Crippen LogP) is -0.0229. The molecule has 14 heteroatoms. The minimum Gasteiger partial charge on any atom is -0.508 e. The first-order chi connectivity index (χ1) is 19.4. The van der Waals surface area contributed by atoms with Crippen molar-refractivity contribution in [1.82, 2.24) is 16.0 Å². The normalized spacial score (nSPS) is 13.7. The number of carboxylic acids is 2. The van der Waals surface area contributed by atoms with Gasteiger partial charge < -0.3 is 42.1 Å². The summed E-state index contributed by atoms with van der Waals surface area (Å²) < 4.78 is 0. The van der Waals surface area contributed by atoms with Gasteiger partial charge in [-0.2, -0.15) is 11.8 Å². The Hall–Kier alpha value is -4.30. The second-order valence-electron chi connectivity index (χ2n) is 9.25. The van der Waals surface area contributed by atoms with Gasteiger partial charge in [-0.3, -0.25) is 19.2 Å². The van der Waals surface area contributed by atoms with Gasteiger partial charge in [-0.15, -0.1) is 0 Å². The molecule has 41 heavy (non-hydrogen) atoms. The van der Waals surface area contributed by atoms with Crippen LogP contribution >= 0.6 is 11.8 Å². The molecule has 2 aromatic carbocycles. The third-order valence-electron chi connectivity index (χ3n) is 5.98. The molecular weight excluding hydrogens is 556 g/mol. The summed E-state index contributed by atoms with van der Waals surface area (Å²) in [6, 6.07) is 6.11. The zero-order valence-corrected chi connectivity index (χ0v) is 23.1. The maximum atomic E-state index is 13.3. The standard InChI is InChI=1S/C27H34N4O9S/c1-41-11-10-19(28)24(36)29-20(12-15-2-6-17(32)7-3-15)25(37)30-21(14-23(34)35)26(38)31-22(27(39)40)13-16-4-8-18(33)9-5-16/h2-9,19-22,32-33H,10-14,28H2,1H3,(H,29,36)(H,30,37)(H,31,38)(H,34,35)(H,39,40). The lowest BCUT2D eigenvalue weighted by Crippen LogP contribution is -2.58. The van der Waals surface area contributed by atoms with E-state index in [4.69, 9.17) is 5.73 Å². The molecule has 0 aliphatic carbocycles. The fourth-order valence-electron chi connectivity index (χ4n) is 3.73. The molecule has 0 spiro atoms. The van der Waals surface area contributed by atoms with Crippen LogP contribution in [0.4, 0.5) is 0 Å². The van der Waals surface area contributed by atoms with Crippen molar-refractivity contribution in [2.45, 2.75) is 49.9 Å². The maximum absolute atomic E-state index is 13.3. The molecule has 2 rings (SSSR count). The number of benzene rings is 2. The Kier molecular flexibility index (Phi) is 12.9. The van der Waals surface area contributed by atoms with E-state index in [1.165, 1.54) is 60.3 Å². The molecule has 9 N–H and O–H groups in total. The highest BCUT2D eigenvalue weighted by molar-refractivity contribution is 7.98. The largest absolute Gasteiger partial charge is 0.508 e. The van der Waals surface area contributed by atoms with Gasteiger partial charge >= 0.3 is 11.9 Å². The summed E-state index contributed by atoms with van der Waals surface area (Å²) in [5.41, 5.74) is 6.95. The first kappa shape index (κ1) is 32.9. The number of hydrogen-bond acceptors (Lipinski definition) is 9. The summed E-state index contributed by atoms with van der Waals surface area (Å²) in [6.45, 7) is 0. The van der Waals surface area contributed by atoms with Crippen LogP contribution in [0.25, 0.3) is 0 Å². The number of nitrogens with two attached hydrogens (primary N) is 1. The number of amides is 3. The number of phenolic OH excluding ortho intramolecular Hbond substituents is 2. The number of aromatic hydroxyl groups is 2. The number of nitrogens with one attached hydrogen (secondary N) is 3. The van der Waals surface area contributed by atoms with Gasteiger partial charge in [0.15, 0.2) is 0 Å². The van der Waals surface area contributed by atoms with E-state index in [1.807, 2.05) is 6.26 Å². The van der Waals surface area contributed by atoms with E-state index in [9.17, 15) is 44.4 Å². The van der Waals surface area contributed by atoms with Crippen LogP contribution < -0.4 is 21.7 Å². The monoisotopic (exact) mass is 590 g/mol. The van der Waals surface area contributed by atoms with E-state index in [0.717, 1.165) is 0 Å². The average Bonchev–Trinajstić information content (AvgIpc) is 2.92. The van der Waals surface area contributed by atoms with Gasteiger partial charge in [0, 0.05) is 12.8 Å². The number of hydrogen-bond donors (Lipinski definition) is 8. The predicted molar refractivity (Wildman–Crippen MR) is 150 cm³/mol. The lowest BCUT2D eigenvalue weighted by molar-refractivity contribution is -0.143. The first-order valence-electron chi connectivity index (χ1n) is 12.6. The Morgan fingerprint density at radius 1 is 0.732 bits per heavy atom. The van der Waals surface area contributed by atoms with Gasteiger partial charge in [0.05, 0.1) is 12.5 Å². The van der Waals surface area contributed by atoms with Crippen LogP contribution in [-0.2, 0) is 36.8 Å². The van der Waals surface area contributed by atoms with Gasteiger partial charge in [-0.1, -0.05) is 24.3 Å². The van der Waals surface area contributed by atoms with Crippen molar-refractivity contribution in [2.75, 3.05) is 12.0 Å². The molecule has 0 radical (unpaired) electrons. The van der Waals surface area contributed by atoms with Crippen LogP contribution in [0.5, 0.6) is 11.5 Å². The average molecular weight is 591 g/mol. The Balaban J connectivity index is 2.23. The van der Waals surface area contributed by atoms with Crippen LogP contribution in [0.3, 0.4) is 0 Å². The Bertz CT molecular complexity index is 1210. The molecule has 3 amide bonds. The fraction of sp³-hybridized carbons (Fsp3) is 0.370. The molecular formula is C27H34N4O9S. The number of phenols is 2. The molecule has 0 bridgehead atoms. The maximum Gasteiger partial charge on any atom is 0.326 e. The van der Waals surface area contributed by atoms with E-state index in [1.54, 1.807) is 0 Å². The van der Waals surface area contributed by atoms with E-state index >= 15 is 0 Å². The SMILES string of the molecule is CSCCC(N)C(=O)NC(Cc1ccc(O)cc1)C(=O)NC(CC(=O)O)C(=O)NC(Cc1ccc(O)cc1)C(=O)O. The van der Waals surface area contributed by atoms with Crippen molar-refractivity contribution in [3.05, 3.63) is 59.7 Å². The molecule has 4 atom stereocenters. The Morgan fingerprint density at radius 3 is 1.63 bits per heavy atom. The van der Waals surface area contributed by atoms with Crippen LogP contribution in [0.1, 0.15) is 24.0 Å². The molecule has 0 aromatic heterocycles. The van der Waals surface area contributed by atoms with Gasteiger partial charge in [0.2, 0.25) is 17.7 Å². The lowest BCUT2D eigenvalue weighted by Gasteiger charge is -2.25. The van der Waals surface area contributed by atoms with Gasteiger partial charge in [0.25, 0.3) is 0 Å². The summed E-state index contributed by atoms with van der Waals surface area (Å²) in [6.07, 6.45) is 1.06. The van der Waals surface area contributed by atoms with E-state index in [2.05, 4.69) is 16.0 Å². The number of rotatable bonds is 16. The summed E-state index contributed by atoms with van der Waals surface area (Å²) in [5, 5.41) is 45.1. The molecule has 222 valence electrons. The molecule has 0 aliphatic rings. The molecule has 13 nitrogen and oxygen atoms in total. The second-order valence-corrected chi connectivity index (χ2v) is 10.2. The summed E-state index contributed by atoms with van der Waals surface area (Å²) in [7, 11) is 0. The van der Waals surface area contributed by atoms with Crippen molar-refractivity contribution in [3.63, 3.8) is 0 Å². The molecule has 0 saturated carbocycles. The van der Waals surface area contributed by atoms with Gasteiger partial charge in [0.1, 0.15) is 29.6 Å². The fourth-order valence-corrected chi connectivity index (χ4v) is 4.22. The van der Waals surface area contributed by atoms with Crippen LogP contribution in [0, 0.1) is 0 Å². The number of carbonyl (C=O) groups is 5. The molecule has 2 aromatic rings. The first-order valence-corrected chi connectivity index (χ1v) is 13.9. The highest BCUT2D eigenvalue weighted by Gasteiger charge is 2.32. The quantitative estimate of drug-likeness (QED) is 0.129. The van der Waals surface area contributed by atoms with Crippen LogP contribution in [0.2, 0.25) is 0 Å². The van der Waals surface area contributed by atoms with E-state index in [0.29, 0.717) is 23.3 Å². The molecule has 0 saturated heterocycles. The Labute approximate surface area is 240 Å². The zero-order valence-electron chi connectivity index (χ0n) is 22.3. The van der Waals surface area contributed by atoms with E-state index in [-0.39, 0.29) is 24.3 Å². The van der Waals surface area contributed by atoms with Gasteiger partial charge in [-0.25, -0.2) is 4.79 Å². The van der Waals surface area contributed by atoms with Crippen molar-refractivity contribution in [1.29, 1.82) is 0 Å². The minimum atomic E-state index is -1.67. The minimum absolute atomic E-state index is 0.0173. The van der Waals surface area contributed by atoms with Gasteiger partial charge in [-0.05, 0) is 53.8 Å². The number of carbonyl (C=O) groups excluding carboxylic acids is 3. The van der Waals surface area contributed by atoms with Crippen molar-refractivity contribution >= 4 is 41.4 Å². The van der Waals surface area contributed by atoms with Crippen molar-refractivity contribution < 1.29 is 44.4 Å². The zero-order chi connectivity index (χ0) is 30.5. The Morgan fingerprint density at radius 2 is 1.17 bits per heavy atom.